The molecule has 3 nitrogen and oxygen atoms in total. The van der Waals surface area contributed by atoms with E-state index in [0.717, 1.165) is 30.6 Å². The van der Waals surface area contributed by atoms with Crippen LogP contribution in [0.15, 0.2) is 18.2 Å². The quantitative estimate of drug-likeness (QED) is 0.901. The zero-order valence-electron chi connectivity index (χ0n) is 12.8. The first-order valence-corrected chi connectivity index (χ1v) is 7.24. The first-order valence-electron chi connectivity index (χ1n) is 7.24. The van der Waals surface area contributed by atoms with Gasteiger partial charge in [0, 0.05) is 0 Å². The minimum absolute atomic E-state index is 0.0183. The van der Waals surface area contributed by atoms with Crippen molar-refractivity contribution in [3.63, 3.8) is 0 Å². The molecule has 1 aliphatic carbocycles. The van der Waals surface area contributed by atoms with Crippen molar-refractivity contribution in [1.29, 1.82) is 0 Å². The molecule has 3 heteroatoms. The number of carboxylic acid groups (broad SMARTS) is 1. The number of aliphatic carboxylic acids is 1. The van der Waals surface area contributed by atoms with Crippen molar-refractivity contribution < 1.29 is 14.6 Å². The van der Waals surface area contributed by atoms with Gasteiger partial charge >= 0.3 is 5.97 Å². The Morgan fingerprint density at radius 3 is 2.45 bits per heavy atom. The van der Waals surface area contributed by atoms with Gasteiger partial charge in [-0.15, -0.1) is 0 Å². The average Bonchev–Trinajstić information content (AvgIpc) is 2.26. The third kappa shape index (κ3) is 3.14. The summed E-state index contributed by atoms with van der Waals surface area (Å²) in [5.41, 5.74) is 1.83. The van der Waals surface area contributed by atoms with Gasteiger partial charge in [0.15, 0.2) is 0 Å². The molecule has 0 amide bonds. The molecule has 0 heterocycles. The van der Waals surface area contributed by atoms with Gasteiger partial charge in [-0.2, -0.15) is 0 Å². The van der Waals surface area contributed by atoms with Crippen LogP contribution in [0.1, 0.15) is 57.6 Å². The Morgan fingerprint density at radius 2 is 2.00 bits per heavy atom. The number of hydrogen-bond donors (Lipinski definition) is 1. The second-order valence-electron chi connectivity index (χ2n) is 6.96. The molecule has 1 aliphatic rings. The molecule has 0 unspecified atom stereocenters. The van der Waals surface area contributed by atoms with Crippen molar-refractivity contribution in [2.24, 2.45) is 0 Å². The lowest BCUT2D eigenvalue weighted by Crippen LogP contribution is -2.45. The zero-order valence-corrected chi connectivity index (χ0v) is 12.8. The highest BCUT2D eigenvalue weighted by Crippen LogP contribution is 2.42. The summed E-state index contributed by atoms with van der Waals surface area (Å²) in [6.07, 6.45) is 2.79. The van der Waals surface area contributed by atoms with E-state index in [-0.39, 0.29) is 11.8 Å². The lowest BCUT2D eigenvalue weighted by Gasteiger charge is -2.42. The van der Waals surface area contributed by atoms with Crippen LogP contribution in [0, 0.1) is 6.92 Å². The van der Waals surface area contributed by atoms with Gasteiger partial charge in [-0.3, -0.25) is 4.79 Å². The SMILES string of the molecule is Cc1ccc(OC2(CC(=O)O)CCC2)c(C(C)(C)C)c1. The van der Waals surface area contributed by atoms with Crippen LogP contribution in [0.4, 0.5) is 0 Å². The predicted octanol–water partition coefficient (Wildman–Crippen LogP) is 4.07. The fourth-order valence-electron chi connectivity index (χ4n) is 2.71. The zero-order chi connectivity index (χ0) is 15.0. The van der Waals surface area contributed by atoms with Crippen LogP contribution in [-0.2, 0) is 10.2 Å². The molecule has 0 atom stereocenters. The number of hydrogen-bond acceptors (Lipinski definition) is 2. The molecule has 2 rings (SSSR count). The minimum Gasteiger partial charge on any atom is -0.486 e. The maximum atomic E-state index is 11.1. The van der Waals surface area contributed by atoms with Gasteiger partial charge in [0.05, 0.1) is 6.42 Å². The summed E-state index contributed by atoms with van der Waals surface area (Å²) >= 11 is 0. The Labute approximate surface area is 121 Å². The third-order valence-corrected chi connectivity index (χ3v) is 4.01. The summed E-state index contributed by atoms with van der Waals surface area (Å²) in [7, 11) is 0. The van der Waals surface area contributed by atoms with Gasteiger partial charge < -0.3 is 9.84 Å². The van der Waals surface area contributed by atoms with E-state index >= 15 is 0 Å². The second-order valence-corrected chi connectivity index (χ2v) is 6.96. The molecule has 1 aromatic rings. The van der Waals surface area contributed by atoms with Crippen LogP contribution >= 0.6 is 0 Å². The standard InChI is InChI=1S/C17H24O3/c1-12-6-7-14(13(10-12)16(2,3)4)20-17(8-5-9-17)11-15(18)19/h6-7,10H,5,8-9,11H2,1-4H3,(H,18,19). The Kier molecular flexibility index (Phi) is 3.81. The molecule has 20 heavy (non-hydrogen) atoms. The average molecular weight is 276 g/mol. The number of ether oxygens (including phenoxy) is 1. The summed E-state index contributed by atoms with van der Waals surface area (Å²) in [5, 5.41) is 9.09. The molecule has 0 saturated heterocycles. The maximum absolute atomic E-state index is 11.1. The number of rotatable bonds is 4. The second kappa shape index (κ2) is 5.12. The fourth-order valence-corrected chi connectivity index (χ4v) is 2.71. The number of aryl methyl sites for hydroxylation is 1. The molecule has 0 radical (unpaired) electrons. The third-order valence-electron chi connectivity index (χ3n) is 4.01. The van der Waals surface area contributed by atoms with Crippen molar-refractivity contribution in [2.75, 3.05) is 0 Å². The van der Waals surface area contributed by atoms with Gasteiger partial charge in [0.25, 0.3) is 0 Å². The van der Waals surface area contributed by atoms with Crippen molar-refractivity contribution in [1.82, 2.24) is 0 Å². The van der Waals surface area contributed by atoms with E-state index in [9.17, 15) is 4.79 Å². The molecule has 0 spiro atoms. The molecular formula is C17H24O3. The van der Waals surface area contributed by atoms with E-state index in [1.54, 1.807) is 0 Å². The number of benzene rings is 1. The minimum atomic E-state index is -0.783. The highest BCUT2D eigenvalue weighted by Gasteiger charge is 2.42. The van der Waals surface area contributed by atoms with E-state index in [0.29, 0.717) is 0 Å². The van der Waals surface area contributed by atoms with Crippen molar-refractivity contribution >= 4 is 5.97 Å². The van der Waals surface area contributed by atoms with E-state index in [1.807, 2.05) is 12.1 Å². The van der Waals surface area contributed by atoms with E-state index in [4.69, 9.17) is 9.84 Å². The summed E-state index contributed by atoms with van der Waals surface area (Å²) in [6, 6.07) is 6.15. The maximum Gasteiger partial charge on any atom is 0.307 e. The first kappa shape index (κ1) is 14.9. The molecule has 1 aromatic carbocycles. The first-order chi connectivity index (χ1) is 9.22. The van der Waals surface area contributed by atoms with Crippen LogP contribution in [0.5, 0.6) is 5.75 Å². The van der Waals surface area contributed by atoms with Gasteiger partial charge in [-0.1, -0.05) is 38.5 Å². The van der Waals surface area contributed by atoms with E-state index in [1.165, 1.54) is 5.56 Å². The topological polar surface area (TPSA) is 46.5 Å². The van der Waals surface area contributed by atoms with Crippen LogP contribution < -0.4 is 4.74 Å². The summed E-state index contributed by atoms with van der Waals surface area (Å²) in [4.78, 5) is 11.1. The van der Waals surface area contributed by atoms with Gasteiger partial charge in [0.1, 0.15) is 11.4 Å². The van der Waals surface area contributed by atoms with Crippen LogP contribution in [0.3, 0.4) is 0 Å². The fraction of sp³-hybridized carbons (Fsp3) is 0.588. The summed E-state index contributed by atoms with van der Waals surface area (Å²) < 4.78 is 6.18. The van der Waals surface area contributed by atoms with Crippen molar-refractivity contribution in [3.8, 4) is 5.75 Å². The summed E-state index contributed by atoms with van der Waals surface area (Å²) in [5.74, 6) is 0.0539. The smallest absolute Gasteiger partial charge is 0.307 e. The largest absolute Gasteiger partial charge is 0.486 e. The number of carboxylic acids is 1. The Hall–Kier alpha value is -1.51. The Bertz CT molecular complexity index is 507. The Balaban J connectivity index is 2.31. The predicted molar refractivity (Wildman–Crippen MR) is 79.3 cm³/mol. The van der Waals surface area contributed by atoms with Crippen LogP contribution in [-0.4, -0.2) is 16.7 Å². The van der Waals surface area contributed by atoms with Crippen LogP contribution in [0.25, 0.3) is 0 Å². The summed E-state index contributed by atoms with van der Waals surface area (Å²) in [6.45, 7) is 8.52. The Morgan fingerprint density at radius 1 is 1.35 bits per heavy atom. The lowest BCUT2D eigenvalue weighted by atomic mass is 9.77. The lowest BCUT2D eigenvalue weighted by molar-refractivity contribution is -0.144. The van der Waals surface area contributed by atoms with Gasteiger partial charge in [0.2, 0.25) is 0 Å². The molecule has 1 fully saturated rings. The highest BCUT2D eigenvalue weighted by molar-refractivity contribution is 5.68. The van der Waals surface area contributed by atoms with Crippen molar-refractivity contribution in [3.05, 3.63) is 29.3 Å². The van der Waals surface area contributed by atoms with Gasteiger partial charge in [-0.25, -0.2) is 0 Å². The van der Waals surface area contributed by atoms with Gasteiger partial charge in [-0.05, 0) is 43.2 Å². The van der Waals surface area contributed by atoms with E-state index < -0.39 is 11.6 Å². The molecule has 0 aromatic heterocycles. The molecule has 1 N–H and O–H groups in total. The van der Waals surface area contributed by atoms with Crippen molar-refractivity contribution in [2.45, 2.75) is 64.4 Å². The van der Waals surface area contributed by atoms with Crippen LogP contribution in [0.2, 0.25) is 0 Å². The normalized spacial score (nSPS) is 17.4. The molecular weight excluding hydrogens is 252 g/mol. The molecule has 1 saturated carbocycles. The molecule has 0 bridgehead atoms. The monoisotopic (exact) mass is 276 g/mol. The molecule has 0 aliphatic heterocycles. The number of carbonyl (C=O) groups is 1. The van der Waals surface area contributed by atoms with E-state index in [2.05, 4.69) is 33.8 Å². The molecule has 110 valence electrons. The highest BCUT2D eigenvalue weighted by atomic mass is 16.5.